The molecule has 0 saturated carbocycles. The fourth-order valence-corrected chi connectivity index (χ4v) is 2.79. The summed E-state index contributed by atoms with van der Waals surface area (Å²) < 4.78 is 5.45. The first-order valence-electron chi connectivity index (χ1n) is 11.0. The quantitative estimate of drug-likeness (QED) is 0.392. The molecule has 1 amide bonds. The SMILES string of the molecule is CC(C)(C)N.O=C(O)c1cccc(C=CCCOC(=O)N(c2ccccc2)c2ccccc2)c1. The summed E-state index contributed by atoms with van der Waals surface area (Å²) >= 11 is 0. The number of nitrogens with two attached hydrogens (primary N) is 1. The van der Waals surface area contributed by atoms with E-state index in [1.807, 2.05) is 99.7 Å². The molecule has 178 valence electrons. The number of amides is 1. The maximum Gasteiger partial charge on any atom is 0.418 e. The molecule has 6 heteroatoms. The van der Waals surface area contributed by atoms with Crippen molar-refractivity contribution in [3.8, 4) is 0 Å². The summed E-state index contributed by atoms with van der Waals surface area (Å²) in [5, 5.41) is 9.03. The van der Waals surface area contributed by atoms with Crippen LogP contribution in [0.1, 0.15) is 43.1 Å². The van der Waals surface area contributed by atoms with Crippen LogP contribution < -0.4 is 10.6 Å². The number of rotatable bonds is 7. The zero-order chi connectivity index (χ0) is 25.0. The van der Waals surface area contributed by atoms with Gasteiger partial charge in [-0.2, -0.15) is 0 Å². The molecule has 3 rings (SSSR count). The second kappa shape index (κ2) is 13.0. The number of carbonyl (C=O) groups excluding carboxylic acids is 1. The molecule has 0 aliphatic carbocycles. The van der Waals surface area contributed by atoms with Crippen molar-refractivity contribution in [1.82, 2.24) is 0 Å². The monoisotopic (exact) mass is 460 g/mol. The third kappa shape index (κ3) is 9.71. The van der Waals surface area contributed by atoms with E-state index in [2.05, 4.69) is 0 Å². The number of nitrogens with zero attached hydrogens (tertiary/aromatic N) is 1. The second-order valence-corrected chi connectivity index (χ2v) is 8.61. The molecule has 34 heavy (non-hydrogen) atoms. The highest BCUT2D eigenvalue weighted by Crippen LogP contribution is 2.25. The van der Waals surface area contributed by atoms with E-state index in [9.17, 15) is 9.59 Å². The van der Waals surface area contributed by atoms with Crippen molar-refractivity contribution in [2.45, 2.75) is 32.7 Å². The molecule has 0 heterocycles. The van der Waals surface area contributed by atoms with Gasteiger partial charge < -0.3 is 15.6 Å². The van der Waals surface area contributed by atoms with Gasteiger partial charge in [-0.15, -0.1) is 0 Å². The predicted molar refractivity (Wildman–Crippen MR) is 137 cm³/mol. The van der Waals surface area contributed by atoms with Crippen LogP contribution in [0, 0.1) is 0 Å². The molecule has 0 radical (unpaired) electrons. The van der Waals surface area contributed by atoms with Crippen LogP contribution in [0.5, 0.6) is 0 Å². The fourth-order valence-electron chi connectivity index (χ4n) is 2.79. The van der Waals surface area contributed by atoms with Crippen LogP contribution in [0.4, 0.5) is 16.2 Å². The Labute approximate surface area is 201 Å². The van der Waals surface area contributed by atoms with Crippen molar-refractivity contribution in [3.05, 3.63) is 102 Å². The highest BCUT2D eigenvalue weighted by molar-refractivity contribution is 5.95. The van der Waals surface area contributed by atoms with E-state index < -0.39 is 12.1 Å². The molecule has 0 aliphatic heterocycles. The van der Waals surface area contributed by atoms with Crippen LogP contribution in [-0.4, -0.2) is 29.3 Å². The normalized spacial score (nSPS) is 10.8. The number of carbonyl (C=O) groups is 2. The fraction of sp³-hybridized carbons (Fsp3) is 0.214. The molecular weight excluding hydrogens is 428 g/mol. The third-order valence-electron chi connectivity index (χ3n) is 4.17. The van der Waals surface area contributed by atoms with Crippen LogP contribution >= 0.6 is 0 Å². The van der Waals surface area contributed by atoms with E-state index in [4.69, 9.17) is 15.6 Å². The summed E-state index contributed by atoms with van der Waals surface area (Å²) in [6.07, 6.45) is 3.72. The summed E-state index contributed by atoms with van der Waals surface area (Å²) in [5.41, 5.74) is 7.83. The second-order valence-electron chi connectivity index (χ2n) is 8.61. The molecule has 0 saturated heterocycles. The Kier molecular flexibility index (Phi) is 10.0. The van der Waals surface area contributed by atoms with Gasteiger partial charge in [-0.25, -0.2) is 14.5 Å². The van der Waals surface area contributed by atoms with Gasteiger partial charge in [0.05, 0.1) is 23.5 Å². The number of benzene rings is 3. The average Bonchev–Trinajstić information content (AvgIpc) is 2.79. The van der Waals surface area contributed by atoms with Crippen molar-refractivity contribution in [1.29, 1.82) is 0 Å². The molecule has 0 unspecified atom stereocenters. The lowest BCUT2D eigenvalue weighted by molar-refractivity contribution is 0.0696. The minimum absolute atomic E-state index is 0. The Morgan fingerprint density at radius 1 is 0.912 bits per heavy atom. The van der Waals surface area contributed by atoms with Crippen molar-refractivity contribution in [2.75, 3.05) is 11.5 Å². The van der Waals surface area contributed by atoms with E-state index >= 15 is 0 Å². The maximum atomic E-state index is 12.7. The van der Waals surface area contributed by atoms with Crippen LogP contribution in [-0.2, 0) is 4.74 Å². The molecule has 0 spiro atoms. The topological polar surface area (TPSA) is 92.9 Å². The zero-order valence-corrected chi connectivity index (χ0v) is 19.8. The maximum absolute atomic E-state index is 12.7. The number of hydrogen-bond acceptors (Lipinski definition) is 4. The highest BCUT2D eigenvalue weighted by atomic mass is 16.6. The van der Waals surface area contributed by atoms with Crippen LogP contribution in [0.15, 0.2) is 91.0 Å². The minimum Gasteiger partial charge on any atom is -0.478 e. The largest absolute Gasteiger partial charge is 0.478 e. The Balaban J connectivity index is 0.000000739. The summed E-state index contributed by atoms with van der Waals surface area (Å²) in [7, 11) is 0. The lowest BCUT2D eigenvalue weighted by Gasteiger charge is -2.22. The number of anilines is 2. The van der Waals surface area contributed by atoms with E-state index in [1.54, 1.807) is 18.2 Å². The van der Waals surface area contributed by atoms with E-state index in [-0.39, 0.29) is 17.7 Å². The Bertz CT molecular complexity index is 1030. The van der Waals surface area contributed by atoms with Crippen molar-refractivity contribution in [3.63, 3.8) is 0 Å². The highest BCUT2D eigenvalue weighted by Gasteiger charge is 2.18. The predicted octanol–water partition coefficient (Wildman–Crippen LogP) is 6.51. The Hall–Kier alpha value is -3.90. The van der Waals surface area contributed by atoms with Gasteiger partial charge in [0.2, 0.25) is 0 Å². The molecule has 0 atom stereocenters. The van der Waals surface area contributed by atoms with Gasteiger partial charge in [-0.3, -0.25) is 0 Å². The molecule has 3 N–H and O–H groups in total. The first kappa shape index (κ1) is 26.4. The van der Waals surface area contributed by atoms with E-state index in [1.165, 1.54) is 4.90 Å². The number of carboxylic acids is 1. The molecule has 0 fully saturated rings. The van der Waals surface area contributed by atoms with Gasteiger partial charge in [0, 0.05) is 5.54 Å². The number of aromatic carboxylic acids is 1. The third-order valence-corrected chi connectivity index (χ3v) is 4.17. The van der Waals surface area contributed by atoms with Gasteiger partial charge in [0.15, 0.2) is 0 Å². The average molecular weight is 461 g/mol. The van der Waals surface area contributed by atoms with Crippen molar-refractivity contribution < 1.29 is 19.4 Å². The van der Waals surface area contributed by atoms with Gasteiger partial charge in [0.1, 0.15) is 0 Å². The Morgan fingerprint density at radius 3 is 1.94 bits per heavy atom. The summed E-state index contributed by atoms with van der Waals surface area (Å²) in [5.74, 6) is -0.962. The number of para-hydroxylation sites is 2. The van der Waals surface area contributed by atoms with Gasteiger partial charge in [-0.05, 0) is 69.2 Å². The van der Waals surface area contributed by atoms with E-state index in [0.29, 0.717) is 6.42 Å². The molecule has 0 bridgehead atoms. The van der Waals surface area contributed by atoms with Crippen LogP contribution in [0.2, 0.25) is 0 Å². The van der Waals surface area contributed by atoms with Crippen molar-refractivity contribution >= 4 is 29.5 Å². The number of ether oxygens (including phenoxy) is 1. The first-order chi connectivity index (χ1) is 16.1. The zero-order valence-electron chi connectivity index (χ0n) is 19.8. The summed E-state index contributed by atoms with van der Waals surface area (Å²) in [4.78, 5) is 25.3. The molecular formula is C28H32N2O4. The standard InChI is InChI=1S/C24H21NO4.C4H11N/c26-23(27)20-12-9-11-19(18-20)10-7-8-17-29-24(28)25(21-13-3-1-4-14-21)22-15-5-2-6-16-22;1-4(2,3)5/h1-7,9-16,18H,8,17H2,(H,26,27);5H2,1-3H3. The van der Waals surface area contributed by atoms with Crippen LogP contribution in [0.25, 0.3) is 6.08 Å². The molecule has 3 aromatic rings. The molecule has 0 aliphatic rings. The minimum atomic E-state index is -0.962. The smallest absolute Gasteiger partial charge is 0.418 e. The number of hydrogen-bond donors (Lipinski definition) is 2. The first-order valence-corrected chi connectivity index (χ1v) is 11.0. The summed E-state index contributed by atoms with van der Waals surface area (Å²) in [6.45, 7) is 6.11. The number of carboxylic acid groups (broad SMARTS) is 1. The summed E-state index contributed by atoms with van der Waals surface area (Å²) in [6, 6.07) is 25.3. The van der Waals surface area contributed by atoms with Gasteiger partial charge in [-0.1, -0.05) is 60.7 Å². The van der Waals surface area contributed by atoms with Gasteiger partial charge in [0.25, 0.3) is 0 Å². The molecule has 0 aromatic heterocycles. The molecule has 6 nitrogen and oxygen atoms in total. The molecule has 3 aromatic carbocycles. The lowest BCUT2D eigenvalue weighted by Crippen LogP contribution is -2.27. The van der Waals surface area contributed by atoms with E-state index in [0.717, 1.165) is 16.9 Å². The van der Waals surface area contributed by atoms with Crippen LogP contribution in [0.3, 0.4) is 0 Å². The lowest BCUT2D eigenvalue weighted by atomic mass is 10.1. The Morgan fingerprint density at radius 2 is 1.44 bits per heavy atom. The van der Waals surface area contributed by atoms with Gasteiger partial charge >= 0.3 is 12.1 Å². The van der Waals surface area contributed by atoms with Crippen molar-refractivity contribution in [2.24, 2.45) is 5.73 Å².